The molecule has 1 atom stereocenters. The molecular formula is C14H25NOS. The van der Waals surface area contributed by atoms with Gasteiger partial charge in [0, 0.05) is 0 Å². The van der Waals surface area contributed by atoms with E-state index in [1.165, 1.54) is 49.4 Å². The summed E-state index contributed by atoms with van der Waals surface area (Å²) in [6.07, 6.45) is 8.72. The van der Waals surface area contributed by atoms with Gasteiger partial charge in [-0.3, -0.25) is 0 Å². The van der Waals surface area contributed by atoms with Crippen molar-refractivity contribution in [2.45, 2.75) is 45.1 Å². The SMILES string of the molecule is CCNC(CC1CCSCC1)C1=CCCCO1. The van der Waals surface area contributed by atoms with Crippen molar-refractivity contribution in [1.29, 1.82) is 0 Å². The molecule has 0 bridgehead atoms. The van der Waals surface area contributed by atoms with Crippen LogP contribution in [0.25, 0.3) is 0 Å². The fourth-order valence-electron chi connectivity index (χ4n) is 2.68. The number of hydrogen-bond donors (Lipinski definition) is 1. The van der Waals surface area contributed by atoms with Gasteiger partial charge in [0.15, 0.2) is 0 Å². The van der Waals surface area contributed by atoms with Gasteiger partial charge < -0.3 is 10.1 Å². The number of likely N-dealkylation sites (N-methyl/N-ethyl adjacent to an activating group) is 1. The van der Waals surface area contributed by atoms with E-state index in [9.17, 15) is 0 Å². The Balaban J connectivity index is 1.88. The lowest BCUT2D eigenvalue weighted by Gasteiger charge is -2.29. The molecule has 0 saturated carbocycles. The molecule has 3 heteroatoms. The number of ether oxygens (including phenoxy) is 1. The third-order valence-corrected chi connectivity index (χ3v) is 4.72. The molecule has 2 aliphatic rings. The van der Waals surface area contributed by atoms with Crippen molar-refractivity contribution in [2.75, 3.05) is 24.7 Å². The lowest BCUT2D eigenvalue weighted by atomic mass is 9.92. The topological polar surface area (TPSA) is 21.3 Å². The third kappa shape index (κ3) is 4.22. The van der Waals surface area contributed by atoms with E-state index in [0.717, 1.165) is 19.1 Å². The van der Waals surface area contributed by atoms with Gasteiger partial charge in [-0.05, 0) is 62.1 Å². The Kier molecular flexibility index (Phi) is 5.72. The highest BCUT2D eigenvalue weighted by molar-refractivity contribution is 7.99. The lowest BCUT2D eigenvalue weighted by molar-refractivity contribution is 0.159. The summed E-state index contributed by atoms with van der Waals surface area (Å²) in [6.45, 7) is 4.13. The van der Waals surface area contributed by atoms with E-state index < -0.39 is 0 Å². The highest BCUT2D eigenvalue weighted by Crippen LogP contribution is 2.28. The van der Waals surface area contributed by atoms with Crippen LogP contribution in [0.3, 0.4) is 0 Å². The summed E-state index contributed by atoms with van der Waals surface area (Å²) in [5, 5.41) is 3.60. The van der Waals surface area contributed by atoms with Crippen LogP contribution in [0.4, 0.5) is 0 Å². The Morgan fingerprint density at radius 1 is 1.47 bits per heavy atom. The fraction of sp³-hybridized carbons (Fsp3) is 0.857. The normalized spacial score (nSPS) is 23.9. The molecule has 98 valence electrons. The molecule has 0 spiro atoms. The summed E-state index contributed by atoms with van der Waals surface area (Å²) in [6, 6.07) is 0.466. The number of rotatable bonds is 5. The molecule has 0 aromatic carbocycles. The average molecular weight is 255 g/mol. The largest absolute Gasteiger partial charge is 0.497 e. The Hall–Kier alpha value is -0.150. The van der Waals surface area contributed by atoms with Crippen LogP contribution in [0.1, 0.15) is 39.0 Å². The molecule has 0 amide bonds. The van der Waals surface area contributed by atoms with Crippen molar-refractivity contribution in [1.82, 2.24) is 5.32 Å². The minimum absolute atomic E-state index is 0.466. The molecule has 1 fully saturated rings. The van der Waals surface area contributed by atoms with Crippen LogP contribution in [-0.4, -0.2) is 30.7 Å². The van der Waals surface area contributed by atoms with Gasteiger partial charge in [-0.2, -0.15) is 11.8 Å². The van der Waals surface area contributed by atoms with Crippen LogP contribution in [0.15, 0.2) is 11.8 Å². The van der Waals surface area contributed by atoms with Crippen molar-refractivity contribution < 1.29 is 4.74 Å². The Labute approximate surface area is 110 Å². The first-order valence-corrected chi connectivity index (χ1v) is 8.19. The van der Waals surface area contributed by atoms with E-state index in [0.29, 0.717) is 6.04 Å². The molecule has 0 aromatic heterocycles. The fourth-order valence-corrected chi connectivity index (χ4v) is 3.89. The summed E-state index contributed by atoms with van der Waals surface area (Å²) >= 11 is 2.11. The molecule has 2 aliphatic heterocycles. The predicted molar refractivity (Wildman–Crippen MR) is 75.4 cm³/mol. The third-order valence-electron chi connectivity index (χ3n) is 3.67. The van der Waals surface area contributed by atoms with E-state index in [-0.39, 0.29) is 0 Å². The quantitative estimate of drug-likeness (QED) is 0.815. The average Bonchev–Trinajstić information content (AvgIpc) is 2.40. The Morgan fingerprint density at radius 3 is 2.94 bits per heavy atom. The molecule has 17 heavy (non-hydrogen) atoms. The second-order valence-corrected chi connectivity index (χ2v) is 6.22. The van der Waals surface area contributed by atoms with E-state index >= 15 is 0 Å². The van der Waals surface area contributed by atoms with E-state index in [1.807, 2.05) is 0 Å². The van der Waals surface area contributed by atoms with Crippen LogP contribution in [0.2, 0.25) is 0 Å². The lowest BCUT2D eigenvalue weighted by Crippen LogP contribution is -2.35. The van der Waals surface area contributed by atoms with Gasteiger partial charge in [-0.25, -0.2) is 0 Å². The van der Waals surface area contributed by atoms with E-state index in [1.54, 1.807) is 0 Å². The maximum atomic E-state index is 5.83. The zero-order chi connectivity index (χ0) is 11.9. The number of nitrogens with one attached hydrogen (secondary N) is 1. The van der Waals surface area contributed by atoms with Gasteiger partial charge in [0.25, 0.3) is 0 Å². The first kappa shape index (κ1) is 13.3. The van der Waals surface area contributed by atoms with Crippen LogP contribution in [0.5, 0.6) is 0 Å². The van der Waals surface area contributed by atoms with Crippen LogP contribution in [0, 0.1) is 5.92 Å². The van der Waals surface area contributed by atoms with Gasteiger partial charge in [-0.1, -0.05) is 6.92 Å². The van der Waals surface area contributed by atoms with Gasteiger partial charge >= 0.3 is 0 Å². The van der Waals surface area contributed by atoms with E-state index in [2.05, 4.69) is 30.1 Å². The molecule has 1 unspecified atom stereocenters. The second-order valence-electron chi connectivity index (χ2n) is 5.00. The number of thioether (sulfide) groups is 1. The molecule has 0 aromatic rings. The summed E-state index contributed by atoms with van der Waals surface area (Å²) < 4.78 is 5.83. The molecule has 0 radical (unpaired) electrons. The minimum atomic E-state index is 0.466. The monoisotopic (exact) mass is 255 g/mol. The van der Waals surface area contributed by atoms with Crippen LogP contribution < -0.4 is 5.32 Å². The van der Waals surface area contributed by atoms with Crippen molar-refractivity contribution in [3.05, 3.63) is 11.8 Å². The van der Waals surface area contributed by atoms with Crippen LogP contribution >= 0.6 is 11.8 Å². The van der Waals surface area contributed by atoms with Gasteiger partial charge in [0.2, 0.25) is 0 Å². The highest BCUT2D eigenvalue weighted by Gasteiger charge is 2.23. The molecular weight excluding hydrogens is 230 g/mol. The van der Waals surface area contributed by atoms with Gasteiger partial charge in [0.05, 0.1) is 12.6 Å². The van der Waals surface area contributed by atoms with Gasteiger partial charge in [0.1, 0.15) is 5.76 Å². The summed E-state index contributed by atoms with van der Waals surface area (Å²) in [7, 11) is 0. The minimum Gasteiger partial charge on any atom is -0.497 e. The van der Waals surface area contributed by atoms with Crippen molar-refractivity contribution >= 4 is 11.8 Å². The zero-order valence-electron chi connectivity index (χ0n) is 10.9. The standard InChI is InChI=1S/C14H25NOS/c1-2-15-13(14-5-3-4-8-16-14)11-12-6-9-17-10-7-12/h5,12-13,15H,2-4,6-11H2,1H3. The van der Waals surface area contributed by atoms with Crippen molar-refractivity contribution in [2.24, 2.45) is 5.92 Å². The Morgan fingerprint density at radius 2 is 2.29 bits per heavy atom. The second kappa shape index (κ2) is 7.32. The molecule has 1 saturated heterocycles. The smallest absolute Gasteiger partial charge is 0.109 e. The molecule has 2 nitrogen and oxygen atoms in total. The van der Waals surface area contributed by atoms with Crippen molar-refractivity contribution in [3.8, 4) is 0 Å². The highest BCUT2D eigenvalue weighted by atomic mass is 32.2. The zero-order valence-corrected chi connectivity index (χ0v) is 11.7. The molecule has 2 heterocycles. The van der Waals surface area contributed by atoms with E-state index in [4.69, 9.17) is 4.74 Å². The molecule has 1 N–H and O–H groups in total. The maximum Gasteiger partial charge on any atom is 0.109 e. The first-order valence-electron chi connectivity index (χ1n) is 7.04. The molecule has 2 rings (SSSR count). The number of hydrogen-bond acceptors (Lipinski definition) is 3. The van der Waals surface area contributed by atoms with Gasteiger partial charge in [-0.15, -0.1) is 0 Å². The number of allylic oxidation sites excluding steroid dienone is 1. The van der Waals surface area contributed by atoms with Crippen molar-refractivity contribution in [3.63, 3.8) is 0 Å². The maximum absolute atomic E-state index is 5.83. The predicted octanol–water partition coefficient (Wildman–Crippen LogP) is 3.19. The molecule has 0 aliphatic carbocycles. The van der Waals surface area contributed by atoms with Crippen LogP contribution in [-0.2, 0) is 4.74 Å². The summed E-state index contributed by atoms with van der Waals surface area (Å²) in [5.74, 6) is 4.82. The summed E-state index contributed by atoms with van der Waals surface area (Å²) in [5.41, 5.74) is 0. The first-order chi connectivity index (χ1) is 8.40. The Bertz CT molecular complexity index is 249. The summed E-state index contributed by atoms with van der Waals surface area (Å²) in [4.78, 5) is 0.